The van der Waals surface area contributed by atoms with Crippen LogP contribution in [0.2, 0.25) is 0 Å². The van der Waals surface area contributed by atoms with Gasteiger partial charge < -0.3 is 18.9 Å². The zero-order valence-corrected chi connectivity index (χ0v) is 12.8. The summed E-state index contributed by atoms with van der Waals surface area (Å²) in [6.45, 7) is 2.62. The number of hydrogen-bond acceptors (Lipinski definition) is 6. The Balaban J connectivity index is 1.52. The van der Waals surface area contributed by atoms with E-state index in [-0.39, 0.29) is 18.6 Å². The van der Waals surface area contributed by atoms with Crippen LogP contribution in [0, 0.1) is 6.92 Å². The summed E-state index contributed by atoms with van der Waals surface area (Å²) in [4.78, 5) is 18.9. The lowest BCUT2D eigenvalue weighted by atomic mass is 10.2. The van der Waals surface area contributed by atoms with E-state index in [1.165, 1.54) is 0 Å². The number of benzene rings is 1. The maximum Gasteiger partial charge on any atom is 0.267 e. The number of carbonyl (C=O) groups excluding carboxylic acids is 1. The van der Waals surface area contributed by atoms with E-state index in [2.05, 4.69) is 10.1 Å². The van der Waals surface area contributed by atoms with Gasteiger partial charge in [-0.2, -0.15) is 4.98 Å². The third-order valence-corrected chi connectivity index (χ3v) is 4.16. The van der Waals surface area contributed by atoms with Crippen molar-refractivity contribution in [1.82, 2.24) is 15.0 Å². The van der Waals surface area contributed by atoms with Gasteiger partial charge in [-0.3, -0.25) is 4.79 Å². The molecule has 0 spiro atoms. The van der Waals surface area contributed by atoms with Crippen LogP contribution in [0.3, 0.4) is 0 Å². The minimum absolute atomic E-state index is 0.0931. The monoisotopic (exact) mass is 315 g/mol. The van der Waals surface area contributed by atoms with Gasteiger partial charge in [0.15, 0.2) is 17.3 Å². The van der Waals surface area contributed by atoms with Crippen LogP contribution in [-0.4, -0.2) is 40.2 Å². The van der Waals surface area contributed by atoms with E-state index >= 15 is 0 Å². The van der Waals surface area contributed by atoms with Crippen molar-refractivity contribution in [3.05, 3.63) is 36.0 Å². The highest BCUT2D eigenvalue weighted by Crippen LogP contribution is 2.34. The zero-order valence-electron chi connectivity index (χ0n) is 12.8. The average Bonchev–Trinajstić information content (AvgIpc) is 3.22. The number of rotatable bonds is 2. The summed E-state index contributed by atoms with van der Waals surface area (Å²) in [7, 11) is 0. The summed E-state index contributed by atoms with van der Waals surface area (Å²) in [6, 6.07) is 7.21. The molecule has 1 amide bonds. The summed E-state index contributed by atoms with van der Waals surface area (Å²) >= 11 is 0. The Labute approximate surface area is 133 Å². The molecule has 0 bridgehead atoms. The Hall–Kier alpha value is -2.57. The molecule has 0 aliphatic carbocycles. The van der Waals surface area contributed by atoms with Crippen LogP contribution in [0.15, 0.2) is 28.8 Å². The van der Waals surface area contributed by atoms with Crippen LogP contribution >= 0.6 is 0 Å². The largest absolute Gasteiger partial charge is 0.485 e. The summed E-state index contributed by atoms with van der Waals surface area (Å²) in [5.41, 5.74) is 0. The number of fused-ring (bicyclic) bond motifs is 1. The third-order valence-electron chi connectivity index (χ3n) is 4.16. The number of ether oxygens (including phenoxy) is 2. The van der Waals surface area contributed by atoms with Crippen molar-refractivity contribution in [3.8, 4) is 11.5 Å². The Morgan fingerprint density at radius 1 is 1.30 bits per heavy atom. The molecule has 1 fully saturated rings. The van der Waals surface area contributed by atoms with E-state index < -0.39 is 6.10 Å². The molecule has 1 saturated heterocycles. The van der Waals surface area contributed by atoms with Crippen molar-refractivity contribution in [3.63, 3.8) is 0 Å². The van der Waals surface area contributed by atoms with Crippen LogP contribution in [0.1, 0.15) is 30.6 Å². The highest BCUT2D eigenvalue weighted by atomic mass is 16.6. The summed E-state index contributed by atoms with van der Waals surface area (Å²) < 4.78 is 16.5. The van der Waals surface area contributed by atoms with Crippen molar-refractivity contribution >= 4 is 5.91 Å². The molecule has 2 aromatic rings. The molecule has 0 radical (unpaired) electrons. The standard InChI is InChI=1S/C16H17N3O4/c1-10-17-15(18-23-10)11-5-4-8-19(11)16(20)14-9-21-12-6-2-3-7-13(12)22-14/h2-3,6-7,11,14H,4-5,8-9H2,1H3/t11-,14+/m1/s1. The molecule has 2 aliphatic heterocycles. The van der Waals surface area contributed by atoms with Crippen LogP contribution in [-0.2, 0) is 4.79 Å². The molecule has 2 aliphatic rings. The van der Waals surface area contributed by atoms with Gasteiger partial charge in [0.25, 0.3) is 5.91 Å². The number of carbonyl (C=O) groups is 1. The van der Waals surface area contributed by atoms with Crippen molar-refractivity contribution < 1.29 is 18.8 Å². The maximum absolute atomic E-state index is 12.8. The van der Waals surface area contributed by atoms with Crippen LogP contribution in [0.25, 0.3) is 0 Å². The first kappa shape index (κ1) is 14.0. The van der Waals surface area contributed by atoms with Gasteiger partial charge in [0, 0.05) is 13.5 Å². The molecule has 4 rings (SSSR count). The minimum atomic E-state index is -0.640. The van der Waals surface area contributed by atoms with Gasteiger partial charge in [-0.25, -0.2) is 0 Å². The molecule has 1 aromatic carbocycles. The number of hydrogen-bond donors (Lipinski definition) is 0. The number of aromatic nitrogens is 2. The second-order valence-electron chi connectivity index (χ2n) is 5.73. The second-order valence-corrected chi connectivity index (χ2v) is 5.73. The number of para-hydroxylation sites is 2. The van der Waals surface area contributed by atoms with Gasteiger partial charge in [-0.05, 0) is 25.0 Å². The molecular formula is C16H17N3O4. The topological polar surface area (TPSA) is 77.7 Å². The number of nitrogens with zero attached hydrogens (tertiary/aromatic N) is 3. The SMILES string of the molecule is Cc1nc([C@H]2CCCN2C(=O)[C@@H]2COc3ccccc3O2)no1. The fourth-order valence-corrected chi connectivity index (χ4v) is 3.08. The van der Waals surface area contributed by atoms with E-state index in [9.17, 15) is 4.79 Å². The van der Waals surface area contributed by atoms with Gasteiger partial charge in [-0.1, -0.05) is 17.3 Å². The first-order chi connectivity index (χ1) is 11.2. The minimum Gasteiger partial charge on any atom is -0.485 e. The predicted molar refractivity (Wildman–Crippen MR) is 79.1 cm³/mol. The molecule has 0 N–H and O–H groups in total. The van der Waals surface area contributed by atoms with Crippen molar-refractivity contribution in [2.24, 2.45) is 0 Å². The Kier molecular flexibility index (Phi) is 3.40. The Morgan fingerprint density at radius 3 is 2.91 bits per heavy atom. The molecule has 7 nitrogen and oxygen atoms in total. The van der Waals surface area contributed by atoms with Gasteiger partial charge >= 0.3 is 0 Å². The van der Waals surface area contributed by atoms with Gasteiger partial charge in [-0.15, -0.1) is 0 Å². The maximum atomic E-state index is 12.8. The first-order valence-corrected chi connectivity index (χ1v) is 7.71. The number of likely N-dealkylation sites (tertiary alicyclic amines) is 1. The number of amides is 1. The normalized spacial score (nSPS) is 23.1. The van der Waals surface area contributed by atoms with Crippen molar-refractivity contribution in [2.45, 2.75) is 31.9 Å². The molecule has 7 heteroatoms. The van der Waals surface area contributed by atoms with Crippen molar-refractivity contribution in [2.75, 3.05) is 13.2 Å². The summed E-state index contributed by atoms with van der Waals surface area (Å²) in [5, 5.41) is 3.96. The van der Waals surface area contributed by atoms with E-state index in [0.717, 1.165) is 12.8 Å². The Bertz CT molecular complexity index is 730. The predicted octanol–water partition coefficient (Wildman–Crippen LogP) is 1.88. The highest BCUT2D eigenvalue weighted by molar-refractivity contribution is 5.82. The van der Waals surface area contributed by atoms with E-state index in [4.69, 9.17) is 14.0 Å². The molecule has 120 valence electrons. The second kappa shape index (κ2) is 5.57. The van der Waals surface area contributed by atoms with E-state index in [1.54, 1.807) is 17.9 Å². The lowest BCUT2D eigenvalue weighted by Gasteiger charge is -2.30. The Morgan fingerprint density at radius 2 is 2.13 bits per heavy atom. The lowest BCUT2D eigenvalue weighted by Crippen LogP contribution is -2.46. The van der Waals surface area contributed by atoms with Gasteiger partial charge in [0.05, 0.1) is 6.04 Å². The fraction of sp³-hybridized carbons (Fsp3) is 0.438. The third kappa shape index (κ3) is 2.52. The smallest absolute Gasteiger partial charge is 0.267 e. The van der Waals surface area contributed by atoms with E-state index in [0.29, 0.717) is 29.8 Å². The highest BCUT2D eigenvalue weighted by Gasteiger charge is 2.39. The molecule has 2 atom stereocenters. The molecule has 3 heterocycles. The quantitative estimate of drug-likeness (QED) is 0.842. The molecule has 0 saturated carbocycles. The first-order valence-electron chi connectivity index (χ1n) is 7.71. The van der Waals surface area contributed by atoms with Crippen LogP contribution in [0.5, 0.6) is 11.5 Å². The lowest BCUT2D eigenvalue weighted by molar-refractivity contribution is -0.142. The van der Waals surface area contributed by atoms with Crippen molar-refractivity contribution in [1.29, 1.82) is 0 Å². The van der Waals surface area contributed by atoms with Crippen LogP contribution < -0.4 is 9.47 Å². The molecular weight excluding hydrogens is 298 g/mol. The molecule has 23 heavy (non-hydrogen) atoms. The summed E-state index contributed by atoms with van der Waals surface area (Å²) in [6.07, 6.45) is 1.10. The molecule has 0 unspecified atom stereocenters. The number of aryl methyl sites for hydroxylation is 1. The van der Waals surface area contributed by atoms with Gasteiger partial charge in [0.1, 0.15) is 6.61 Å². The van der Waals surface area contributed by atoms with E-state index in [1.807, 2.05) is 18.2 Å². The zero-order chi connectivity index (χ0) is 15.8. The molecule has 1 aromatic heterocycles. The average molecular weight is 315 g/mol. The van der Waals surface area contributed by atoms with Gasteiger partial charge in [0.2, 0.25) is 12.0 Å². The van der Waals surface area contributed by atoms with Crippen LogP contribution in [0.4, 0.5) is 0 Å². The summed E-state index contributed by atoms with van der Waals surface area (Å²) in [5.74, 6) is 2.24. The fourth-order valence-electron chi connectivity index (χ4n) is 3.08.